The van der Waals surface area contributed by atoms with Crippen molar-refractivity contribution < 1.29 is 21.6 Å². The third kappa shape index (κ3) is 8.02. The van der Waals surface area contributed by atoms with Crippen LogP contribution in [0.2, 0.25) is 0 Å². The number of benzene rings is 2. The number of nitrogens with one attached hydrogen (secondary N) is 1. The van der Waals surface area contributed by atoms with Gasteiger partial charge in [-0.05, 0) is 79.1 Å². The molecule has 0 radical (unpaired) electrons. The first-order valence-electron chi connectivity index (χ1n) is 14.4. The number of nitrogens with zero attached hydrogens (tertiary/aromatic N) is 3. The van der Waals surface area contributed by atoms with Crippen LogP contribution in [0.4, 0.5) is 11.4 Å². The number of piperidine rings is 1. The van der Waals surface area contributed by atoms with Gasteiger partial charge < -0.3 is 11.1 Å². The molecular weight excluding hydrogens is 633 g/mol. The quantitative estimate of drug-likeness (QED) is 0.392. The van der Waals surface area contributed by atoms with E-state index < -0.39 is 26.0 Å². The second-order valence-electron chi connectivity index (χ2n) is 11.8. The van der Waals surface area contributed by atoms with E-state index in [1.54, 1.807) is 28.6 Å². The van der Waals surface area contributed by atoms with E-state index in [1.807, 2.05) is 6.07 Å². The largest absolute Gasteiger partial charge is 0.330 e. The number of amides is 1. The van der Waals surface area contributed by atoms with Gasteiger partial charge in [-0.25, -0.2) is 16.8 Å². The van der Waals surface area contributed by atoms with E-state index in [0.29, 0.717) is 43.7 Å². The van der Waals surface area contributed by atoms with Gasteiger partial charge in [0.25, 0.3) is 5.91 Å². The molecule has 0 bridgehead atoms. The van der Waals surface area contributed by atoms with Crippen molar-refractivity contribution in [2.75, 3.05) is 55.6 Å². The molecule has 2 aromatic carbocycles. The summed E-state index contributed by atoms with van der Waals surface area (Å²) in [5.74, 6) is 1.39. The van der Waals surface area contributed by atoms with Crippen LogP contribution in [0.3, 0.4) is 0 Å². The lowest BCUT2D eigenvalue weighted by atomic mass is 9.72. The molecule has 14 heteroatoms. The Hall–Kier alpha value is -1.93. The predicted octanol–water partition coefficient (Wildman–Crippen LogP) is 3.77. The van der Waals surface area contributed by atoms with Gasteiger partial charge in [0.2, 0.25) is 20.0 Å². The van der Waals surface area contributed by atoms with Crippen LogP contribution in [0.25, 0.3) is 0 Å². The topological polar surface area (TPSA) is 133 Å². The van der Waals surface area contributed by atoms with Crippen molar-refractivity contribution >= 4 is 62.1 Å². The van der Waals surface area contributed by atoms with Gasteiger partial charge >= 0.3 is 0 Å². The summed E-state index contributed by atoms with van der Waals surface area (Å²) in [7, 11) is -5.81. The maximum atomic E-state index is 13.4. The van der Waals surface area contributed by atoms with Crippen molar-refractivity contribution in [1.29, 1.82) is 0 Å². The van der Waals surface area contributed by atoms with E-state index in [1.165, 1.54) is 38.4 Å². The fourth-order valence-corrected chi connectivity index (χ4v) is 8.07. The van der Waals surface area contributed by atoms with Gasteiger partial charge in [-0.2, -0.15) is 4.31 Å². The maximum Gasteiger partial charge on any atom is 0.257 e. The Morgan fingerprint density at radius 2 is 1.56 bits per heavy atom. The van der Waals surface area contributed by atoms with Crippen molar-refractivity contribution in [3.05, 3.63) is 53.6 Å². The van der Waals surface area contributed by atoms with Crippen LogP contribution in [-0.2, 0) is 26.6 Å². The number of sulfonamides is 2. The number of likely N-dealkylation sites (tertiary alicyclic amines) is 1. The highest BCUT2D eigenvalue weighted by Crippen LogP contribution is 2.39. The Morgan fingerprint density at radius 3 is 2.09 bits per heavy atom. The predicted molar refractivity (Wildman–Crippen MR) is 175 cm³/mol. The zero-order valence-corrected chi connectivity index (χ0v) is 27.9. The monoisotopic (exact) mass is 675 g/mol. The first-order valence-corrected chi connectivity index (χ1v) is 17.7. The third-order valence-electron chi connectivity index (χ3n) is 8.98. The number of rotatable bonds is 10. The zero-order chi connectivity index (χ0) is 29.4. The lowest BCUT2D eigenvalue weighted by molar-refractivity contribution is 0.0976. The molecular formula is C29H43Cl2N5O5S2. The third-order valence-corrected chi connectivity index (χ3v) is 12.1. The molecule has 1 saturated carbocycles. The van der Waals surface area contributed by atoms with Crippen molar-refractivity contribution in [1.82, 2.24) is 9.21 Å². The number of carbonyl (C=O) groups excluding carboxylic acids is 1. The number of halogens is 2. The van der Waals surface area contributed by atoms with E-state index in [2.05, 4.69) is 10.2 Å². The van der Waals surface area contributed by atoms with E-state index in [-0.39, 0.29) is 41.0 Å². The summed E-state index contributed by atoms with van der Waals surface area (Å²) in [6.07, 6.45) is 6.74. The molecule has 10 nitrogen and oxygen atoms in total. The van der Waals surface area contributed by atoms with Crippen LogP contribution >= 0.6 is 24.8 Å². The van der Waals surface area contributed by atoms with Crippen LogP contribution < -0.4 is 15.4 Å². The highest BCUT2D eigenvalue weighted by atomic mass is 35.5. The molecule has 3 N–H and O–H groups in total. The minimum atomic E-state index is -3.62. The van der Waals surface area contributed by atoms with Crippen LogP contribution in [0, 0.1) is 17.8 Å². The summed E-state index contributed by atoms with van der Waals surface area (Å²) in [6.45, 7) is 4.12. The van der Waals surface area contributed by atoms with Crippen molar-refractivity contribution in [3.63, 3.8) is 0 Å². The minimum Gasteiger partial charge on any atom is -0.330 e. The minimum absolute atomic E-state index is 0. The number of anilines is 2. The fraction of sp³-hybridized carbons (Fsp3) is 0.552. The van der Waals surface area contributed by atoms with Crippen molar-refractivity contribution in [2.24, 2.45) is 23.5 Å². The van der Waals surface area contributed by atoms with E-state index in [9.17, 15) is 21.6 Å². The fourth-order valence-electron chi connectivity index (χ4n) is 6.09. The SMILES string of the molecule is CN(c1ccc(CN2CC(CN)C2)cc1C(=O)Nc1ccc(S(=O)(=O)N2CCC(C3CCC3)CC2)cc1)S(C)(=O)=O.Cl.Cl. The summed E-state index contributed by atoms with van der Waals surface area (Å²) in [5, 5.41) is 2.82. The van der Waals surface area contributed by atoms with Crippen LogP contribution in [0.5, 0.6) is 0 Å². The van der Waals surface area contributed by atoms with Gasteiger partial charge in [-0.1, -0.05) is 25.3 Å². The highest BCUT2D eigenvalue weighted by Gasteiger charge is 2.34. The molecule has 240 valence electrons. The van der Waals surface area contributed by atoms with Gasteiger partial charge in [0.15, 0.2) is 0 Å². The summed E-state index contributed by atoms with van der Waals surface area (Å²) in [5.41, 5.74) is 7.53. The maximum absolute atomic E-state index is 13.4. The Labute approximate surface area is 268 Å². The number of hydrogen-bond donors (Lipinski definition) is 2. The molecule has 1 amide bonds. The van der Waals surface area contributed by atoms with Gasteiger partial charge in [-0.3, -0.25) is 14.0 Å². The molecule has 43 heavy (non-hydrogen) atoms. The Balaban J connectivity index is 0.00000253. The van der Waals surface area contributed by atoms with Crippen LogP contribution in [-0.4, -0.2) is 78.0 Å². The lowest BCUT2D eigenvalue weighted by Gasteiger charge is -2.39. The lowest BCUT2D eigenvalue weighted by Crippen LogP contribution is -2.49. The van der Waals surface area contributed by atoms with Gasteiger partial charge in [-0.15, -0.1) is 24.8 Å². The standard InChI is InChI=1S/C29H41N5O5S2.2ClH/c1-32(40(2,36)37)28-11-6-21(18-33-19-22(17-30)20-33)16-27(28)29(35)31-25-7-9-26(10-8-25)41(38,39)34-14-12-24(13-15-34)23-4-3-5-23;;/h6-11,16,22-24H,3-5,12-15,17-20,30H2,1-2H3,(H,31,35);2*1H. The first-order chi connectivity index (χ1) is 19.5. The molecule has 5 rings (SSSR count). The normalized spacial score (nSPS) is 19.0. The summed E-state index contributed by atoms with van der Waals surface area (Å²) >= 11 is 0. The van der Waals surface area contributed by atoms with Gasteiger partial charge in [0, 0.05) is 45.5 Å². The molecule has 0 atom stereocenters. The molecule has 3 aliphatic rings. The van der Waals surface area contributed by atoms with Crippen molar-refractivity contribution in [2.45, 2.75) is 43.5 Å². The van der Waals surface area contributed by atoms with E-state index >= 15 is 0 Å². The molecule has 0 unspecified atom stereocenters. The molecule has 3 fully saturated rings. The Morgan fingerprint density at radius 1 is 0.953 bits per heavy atom. The van der Waals surface area contributed by atoms with Crippen LogP contribution in [0.15, 0.2) is 47.4 Å². The average molecular weight is 677 g/mol. The number of nitrogens with two attached hydrogens (primary N) is 1. The Bertz CT molecular complexity index is 1470. The number of hydrogen-bond acceptors (Lipinski definition) is 7. The highest BCUT2D eigenvalue weighted by molar-refractivity contribution is 7.92. The average Bonchev–Trinajstić information content (AvgIpc) is 2.89. The molecule has 2 aliphatic heterocycles. The van der Waals surface area contributed by atoms with E-state index in [0.717, 1.165) is 48.0 Å². The van der Waals surface area contributed by atoms with Crippen LogP contribution in [0.1, 0.15) is 48.0 Å². The molecule has 2 aromatic rings. The summed E-state index contributed by atoms with van der Waals surface area (Å²) in [6, 6.07) is 11.4. The second kappa shape index (κ2) is 14.4. The Kier molecular flexibility index (Phi) is 11.9. The van der Waals surface area contributed by atoms with Crippen molar-refractivity contribution in [3.8, 4) is 0 Å². The summed E-state index contributed by atoms with van der Waals surface area (Å²) < 4.78 is 53.8. The van der Waals surface area contributed by atoms with Gasteiger partial charge in [0.05, 0.1) is 22.4 Å². The molecule has 0 spiro atoms. The van der Waals surface area contributed by atoms with E-state index in [4.69, 9.17) is 5.73 Å². The number of carbonyl (C=O) groups is 1. The smallest absolute Gasteiger partial charge is 0.257 e. The first kappa shape index (κ1) is 35.5. The second-order valence-corrected chi connectivity index (χ2v) is 15.7. The molecule has 2 saturated heterocycles. The van der Waals surface area contributed by atoms with Gasteiger partial charge in [0.1, 0.15) is 0 Å². The zero-order valence-electron chi connectivity index (χ0n) is 24.6. The summed E-state index contributed by atoms with van der Waals surface area (Å²) in [4.78, 5) is 15.9. The molecule has 2 heterocycles. The molecule has 1 aliphatic carbocycles. The molecule has 0 aromatic heterocycles.